The molecule has 0 unspecified atom stereocenters. The molecular weight excluding hydrogens is 236 g/mol. The van der Waals surface area contributed by atoms with Crippen molar-refractivity contribution >= 4 is 17.4 Å². The molecule has 0 bridgehead atoms. The molecular formula is C12H14N2O4. The molecule has 6 heteroatoms. The van der Waals surface area contributed by atoms with Crippen molar-refractivity contribution in [1.82, 2.24) is 5.32 Å². The molecule has 18 heavy (non-hydrogen) atoms. The molecule has 1 aliphatic heterocycles. The number of amides is 1. The molecule has 96 valence electrons. The van der Waals surface area contributed by atoms with E-state index < -0.39 is 0 Å². The van der Waals surface area contributed by atoms with Crippen LogP contribution in [0.15, 0.2) is 18.2 Å². The van der Waals surface area contributed by atoms with Gasteiger partial charge in [-0.1, -0.05) is 0 Å². The number of hydrogen-bond acceptors (Lipinski definition) is 5. The van der Waals surface area contributed by atoms with Gasteiger partial charge in [0.15, 0.2) is 12.4 Å². The molecule has 1 aliphatic rings. The van der Waals surface area contributed by atoms with E-state index in [1.54, 1.807) is 18.2 Å². The molecule has 1 aromatic rings. The van der Waals surface area contributed by atoms with E-state index in [1.807, 2.05) is 0 Å². The monoisotopic (exact) mass is 250 g/mol. The standard InChI is InChI=1S/C12H14N2O4/c15-4-3-13-6-10(16)8-1-2-11-9(5-8)14-12(17)7-18-11/h1-2,5,13,15H,3-4,6-7H2,(H,14,17). The van der Waals surface area contributed by atoms with Gasteiger partial charge in [-0.05, 0) is 18.2 Å². The van der Waals surface area contributed by atoms with Crippen molar-refractivity contribution in [2.75, 3.05) is 31.6 Å². The topological polar surface area (TPSA) is 87.7 Å². The Labute approximate surface area is 104 Å². The summed E-state index contributed by atoms with van der Waals surface area (Å²) >= 11 is 0. The van der Waals surface area contributed by atoms with Crippen LogP contribution in [0.3, 0.4) is 0 Å². The second-order valence-corrected chi connectivity index (χ2v) is 3.87. The van der Waals surface area contributed by atoms with Crippen molar-refractivity contribution in [3.05, 3.63) is 23.8 Å². The number of ketones is 1. The van der Waals surface area contributed by atoms with Gasteiger partial charge in [0.05, 0.1) is 18.8 Å². The van der Waals surface area contributed by atoms with Crippen LogP contribution in [0.1, 0.15) is 10.4 Å². The average molecular weight is 250 g/mol. The first-order valence-electron chi connectivity index (χ1n) is 5.62. The van der Waals surface area contributed by atoms with E-state index in [0.717, 1.165) is 0 Å². The normalized spacial score (nSPS) is 13.5. The van der Waals surface area contributed by atoms with Gasteiger partial charge in [-0.25, -0.2) is 0 Å². The molecule has 0 fully saturated rings. The number of fused-ring (bicyclic) bond motifs is 1. The highest BCUT2D eigenvalue weighted by Gasteiger charge is 2.17. The zero-order chi connectivity index (χ0) is 13.0. The Morgan fingerprint density at radius 3 is 3.11 bits per heavy atom. The number of benzene rings is 1. The number of carbonyl (C=O) groups is 2. The summed E-state index contributed by atoms with van der Waals surface area (Å²) in [4.78, 5) is 22.9. The van der Waals surface area contributed by atoms with Gasteiger partial charge >= 0.3 is 0 Å². The third kappa shape index (κ3) is 2.85. The average Bonchev–Trinajstić information content (AvgIpc) is 2.38. The molecule has 0 radical (unpaired) electrons. The minimum absolute atomic E-state index is 0.00164. The molecule has 0 saturated heterocycles. The van der Waals surface area contributed by atoms with Crippen LogP contribution in [-0.4, -0.2) is 43.1 Å². The highest BCUT2D eigenvalue weighted by atomic mass is 16.5. The minimum Gasteiger partial charge on any atom is -0.482 e. The van der Waals surface area contributed by atoms with Crippen molar-refractivity contribution in [3.63, 3.8) is 0 Å². The molecule has 0 spiro atoms. The molecule has 1 aromatic carbocycles. The Kier molecular flexibility index (Phi) is 3.91. The van der Waals surface area contributed by atoms with E-state index in [4.69, 9.17) is 9.84 Å². The highest BCUT2D eigenvalue weighted by Crippen LogP contribution is 2.28. The summed E-state index contributed by atoms with van der Waals surface area (Å²) in [5.41, 5.74) is 1.00. The van der Waals surface area contributed by atoms with Crippen molar-refractivity contribution in [1.29, 1.82) is 0 Å². The van der Waals surface area contributed by atoms with Gasteiger partial charge < -0.3 is 20.5 Å². The Morgan fingerprint density at radius 2 is 2.33 bits per heavy atom. The third-order valence-corrected chi connectivity index (χ3v) is 2.51. The smallest absolute Gasteiger partial charge is 0.262 e. The molecule has 1 heterocycles. The summed E-state index contributed by atoms with van der Waals surface area (Å²) in [5, 5.41) is 14.0. The predicted molar refractivity (Wildman–Crippen MR) is 64.9 cm³/mol. The van der Waals surface area contributed by atoms with Crippen LogP contribution < -0.4 is 15.4 Å². The van der Waals surface area contributed by atoms with Crippen molar-refractivity contribution in [3.8, 4) is 5.75 Å². The van der Waals surface area contributed by atoms with Crippen LogP contribution >= 0.6 is 0 Å². The van der Waals surface area contributed by atoms with E-state index in [2.05, 4.69) is 10.6 Å². The quantitative estimate of drug-likeness (QED) is 0.497. The maximum Gasteiger partial charge on any atom is 0.262 e. The number of carbonyl (C=O) groups excluding carboxylic acids is 2. The van der Waals surface area contributed by atoms with E-state index >= 15 is 0 Å². The lowest BCUT2D eigenvalue weighted by Crippen LogP contribution is -2.27. The van der Waals surface area contributed by atoms with Crippen molar-refractivity contribution in [2.24, 2.45) is 0 Å². The lowest BCUT2D eigenvalue weighted by molar-refractivity contribution is -0.118. The van der Waals surface area contributed by atoms with Gasteiger partial charge in [-0.15, -0.1) is 0 Å². The van der Waals surface area contributed by atoms with Gasteiger partial charge in [-0.2, -0.15) is 0 Å². The molecule has 0 atom stereocenters. The number of aliphatic hydroxyl groups excluding tert-OH is 1. The Morgan fingerprint density at radius 1 is 1.50 bits per heavy atom. The molecule has 0 saturated carbocycles. The van der Waals surface area contributed by atoms with Crippen LogP contribution in [0.4, 0.5) is 5.69 Å². The largest absolute Gasteiger partial charge is 0.482 e. The number of aliphatic hydroxyl groups is 1. The molecule has 3 N–H and O–H groups in total. The van der Waals surface area contributed by atoms with E-state index in [9.17, 15) is 9.59 Å². The molecule has 1 amide bonds. The van der Waals surface area contributed by atoms with Crippen LogP contribution in [0.2, 0.25) is 0 Å². The maximum absolute atomic E-state index is 11.8. The minimum atomic E-state index is -0.231. The van der Waals surface area contributed by atoms with Crippen molar-refractivity contribution < 1.29 is 19.4 Å². The fraction of sp³-hybridized carbons (Fsp3) is 0.333. The van der Waals surface area contributed by atoms with Gasteiger partial charge in [0.1, 0.15) is 5.75 Å². The maximum atomic E-state index is 11.8. The van der Waals surface area contributed by atoms with E-state index in [-0.39, 0.29) is 31.4 Å². The summed E-state index contributed by atoms with van der Waals surface area (Å²) in [6.07, 6.45) is 0. The number of Topliss-reactive ketones (excluding diaryl/α,β-unsaturated/α-hetero) is 1. The predicted octanol–water partition coefficient (Wildman–Crippen LogP) is -0.218. The van der Waals surface area contributed by atoms with Gasteiger partial charge in [0.2, 0.25) is 0 Å². The molecule has 6 nitrogen and oxygen atoms in total. The zero-order valence-corrected chi connectivity index (χ0v) is 9.73. The van der Waals surface area contributed by atoms with Crippen LogP contribution in [0.5, 0.6) is 5.75 Å². The number of rotatable bonds is 5. The van der Waals surface area contributed by atoms with E-state index in [0.29, 0.717) is 23.5 Å². The first-order chi connectivity index (χ1) is 8.70. The third-order valence-electron chi connectivity index (χ3n) is 2.51. The SMILES string of the molecule is O=C1COc2ccc(C(=O)CNCCO)cc2N1. The number of hydrogen-bond donors (Lipinski definition) is 3. The fourth-order valence-corrected chi connectivity index (χ4v) is 1.64. The Bertz CT molecular complexity index is 473. The van der Waals surface area contributed by atoms with E-state index in [1.165, 1.54) is 0 Å². The van der Waals surface area contributed by atoms with Gasteiger partial charge in [-0.3, -0.25) is 9.59 Å². The lowest BCUT2D eigenvalue weighted by Gasteiger charge is -2.18. The Balaban J connectivity index is 2.08. The van der Waals surface area contributed by atoms with Crippen LogP contribution in [-0.2, 0) is 4.79 Å². The first-order valence-corrected chi connectivity index (χ1v) is 5.62. The number of nitrogens with one attached hydrogen (secondary N) is 2. The number of ether oxygens (including phenoxy) is 1. The number of anilines is 1. The van der Waals surface area contributed by atoms with Crippen LogP contribution in [0, 0.1) is 0 Å². The summed E-state index contributed by atoms with van der Waals surface area (Å²) in [7, 11) is 0. The summed E-state index contributed by atoms with van der Waals surface area (Å²) in [6, 6.07) is 4.91. The summed E-state index contributed by atoms with van der Waals surface area (Å²) in [5.74, 6) is 0.228. The molecule has 0 aliphatic carbocycles. The van der Waals surface area contributed by atoms with Gasteiger partial charge in [0, 0.05) is 12.1 Å². The van der Waals surface area contributed by atoms with Crippen molar-refractivity contribution in [2.45, 2.75) is 0 Å². The fourth-order valence-electron chi connectivity index (χ4n) is 1.64. The lowest BCUT2D eigenvalue weighted by atomic mass is 10.1. The van der Waals surface area contributed by atoms with Crippen LogP contribution in [0.25, 0.3) is 0 Å². The summed E-state index contributed by atoms with van der Waals surface area (Å²) < 4.78 is 5.20. The highest BCUT2D eigenvalue weighted by molar-refractivity contribution is 6.01. The molecule has 0 aromatic heterocycles. The summed E-state index contributed by atoms with van der Waals surface area (Å²) in [6.45, 7) is 0.504. The zero-order valence-electron chi connectivity index (χ0n) is 9.73. The first kappa shape index (κ1) is 12.5. The second kappa shape index (κ2) is 5.61. The van der Waals surface area contributed by atoms with Gasteiger partial charge in [0.25, 0.3) is 5.91 Å². The Hall–Kier alpha value is -1.92. The molecule has 2 rings (SSSR count). The second-order valence-electron chi connectivity index (χ2n) is 3.87.